The van der Waals surface area contributed by atoms with E-state index in [0.29, 0.717) is 16.7 Å². The Kier molecular flexibility index (Phi) is 2.79. The van der Waals surface area contributed by atoms with E-state index in [1.807, 2.05) is 32.0 Å². The van der Waals surface area contributed by atoms with Crippen molar-refractivity contribution in [1.82, 2.24) is 15.1 Å². The van der Waals surface area contributed by atoms with E-state index in [1.54, 1.807) is 6.20 Å². The van der Waals surface area contributed by atoms with Gasteiger partial charge in [-0.15, -0.1) is 11.3 Å². The zero-order chi connectivity index (χ0) is 13.4. The Balaban J connectivity index is 2.05. The summed E-state index contributed by atoms with van der Waals surface area (Å²) in [6.07, 6.45) is 1.71. The molecule has 6 heteroatoms. The smallest absolute Gasteiger partial charge is 0.261 e. The molecule has 0 saturated carbocycles. The van der Waals surface area contributed by atoms with Crippen molar-refractivity contribution in [3.8, 4) is 23.0 Å². The molecule has 3 aromatic heterocycles. The Bertz CT molecular complexity index is 732. The molecule has 0 aliphatic rings. The summed E-state index contributed by atoms with van der Waals surface area (Å²) in [5.74, 6) is 0.915. The first-order valence-corrected chi connectivity index (χ1v) is 6.59. The lowest BCUT2D eigenvalue weighted by molar-refractivity contribution is 0.432. The molecule has 0 aliphatic heterocycles. The van der Waals surface area contributed by atoms with Gasteiger partial charge in [-0.25, -0.2) is 0 Å². The Labute approximate surface area is 114 Å². The standard InChI is InChI=1S/C13H12N4OS/c1-7-4-3-5-15-10(7)12-16-13(18-17-12)9-6-8(2)19-11(9)14/h3-6H,14H2,1-2H3. The summed E-state index contributed by atoms with van der Waals surface area (Å²) in [5.41, 5.74) is 8.44. The predicted octanol–water partition coefficient (Wildman–Crippen LogP) is 3.06. The van der Waals surface area contributed by atoms with Crippen LogP contribution in [0.4, 0.5) is 5.00 Å². The number of nitrogen functional groups attached to an aromatic ring is 1. The van der Waals surface area contributed by atoms with Gasteiger partial charge in [0.1, 0.15) is 5.69 Å². The van der Waals surface area contributed by atoms with Crippen molar-refractivity contribution in [2.45, 2.75) is 13.8 Å². The van der Waals surface area contributed by atoms with Crippen LogP contribution in [0.2, 0.25) is 0 Å². The lowest BCUT2D eigenvalue weighted by Crippen LogP contribution is -1.89. The molecule has 0 unspecified atom stereocenters. The maximum Gasteiger partial charge on any atom is 0.261 e. The fourth-order valence-electron chi connectivity index (χ4n) is 1.85. The Morgan fingerprint density at radius 3 is 2.84 bits per heavy atom. The molecule has 0 fully saturated rings. The number of pyridine rings is 1. The van der Waals surface area contributed by atoms with Crippen LogP contribution in [-0.4, -0.2) is 15.1 Å². The molecule has 3 rings (SSSR count). The molecule has 2 N–H and O–H groups in total. The van der Waals surface area contributed by atoms with Crippen LogP contribution in [-0.2, 0) is 0 Å². The first-order chi connectivity index (χ1) is 9.15. The van der Waals surface area contributed by atoms with E-state index in [1.165, 1.54) is 11.3 Å². The van der Waals surface area contributed by atoms with Gasteiger partial charge in [-0.1, -0.05) is 11.2 Å². The molecule has 3 aromatic rings. The highest BCUT2D eigenvalue weighted by Gasteiger charge is 2.16. The van der Waals surface area contributed by atoms with Crippen LogP contribution in [0.25, 0.3) is 23.0 Å². The van der Waals surface area contributed by atoms with Crippen molar-refractivity contribution in [3.05, 3.63) is 34.8 Å². The lowest BCUT2D eigenvalue weighted by Gasteiger charge is -1.96. The summed E-state index contributed by atoms with van der Waals surface area (Å²) in [6, 6.07) is 5.78. The number of nitrogens with two attached hydrogens (primary N) is 1. The van der Waals surface area contributed by atoms with Crippen molar-refractivity contribution in [1.29, 1.82) is 0 Å². The third kappa shape index (κ3) is 2.10. The van der Waals surface area contributed by atoms with Gasteiger partial charge < -0.3 is 10.3 Å². The minimum Gasteiger partial charge on any atom is -0.390 e. The van der Waals surface area contributed by atoms with Gasteiger partial charge in [-0.3, -0.25) is 4.98 Å². The van der Waals surface area contributed by atoms with Gasteiger partial charge in [0.15, 0.2) is 0 Å². The minimum absolute atomic E-state index is 0.432. The molecular weight excluding hydrogens is 260 g/mol. The fourth-order valence-corrected chi connectivity index (χ4v) is 2.63. The van der Waals surface area contributed by atoms with Crippen molar-refractivity contribution in [3.63, 3.8) is 0 Å². The second-order valence-corrected chi connectivity index (χ2v) is 5.51. The molecule has 3 heterocycles. The molecule has 0 saturated heterocycles. The Morgan fingerprint density at radius 2 is 2.16 bits per heavy atom. The topological polar surface area (TPSA) is 77.8 Å². The first kappa shape index (κ1) is 11.9. The van der Waals surface area contributed by atoms with E-state index in [4.69, 9.17) is 10.3 Å². The molecule has 19 heavy (non-hydrogen) atoms. The van der Waals surface area contributed by atoms with Crippen molar-refractivity contribution < 1.29 is 4.52 Å². The van der Waals surface area contributed by atoms with E-state index in [0.717, 1.165) is 21.7 Å². The summed E-state index contributed by atoms with van der Waals surface area (Å²) in [4.78, 5) is 9.75. The fraction of sp³-hybridized carbons (Fsp3) is 0.154. The van der Waals surface area contributed by atoms with E-state index in [9.17, 15) is 0 Å². The highest BCUT2D eigenvalue weighted by molar-refractivity contribution is 7.16. The van der Waals surface area contributed by atoms with Crippen LogP contribution in [0.1, 0.15) is 10.4 Å². The maximum absolute atomic E-state index is 5.93. The zero-order valence-corrected chi connectivity index (χ0v) is 11.4. The van der Waals surface area contributed by atoms with Gasteiger partial charge in [0, 0.05) is 11.1 Å². The number of rotatable bonds is 2. The van der Waals surface area contributed by atoms with Crippen molar-refractivity contribution in [2.75, 3.05) is 5.73 Å². The van der Waals surface area contributed by atoms with E-state index in [-0.39, 0.29) is 0 Å². The number of hydrogen-bond donors (Lipinski definition) is 1. The average molecular weight is 272 g/mol. The van der Waals surface area contributed by atoms with Crippen LogP contribution in [0.15, 0.2) is 28.9 Å². The Hall–Kier alpha value is -2.21. The highest BCUT2D eigenvalue weighted by Crippen LogP contribution is 2.33. The molecule has 96 valence electrons. The number of aryl methyl sites for hydroxylation is 2. The number of thiophene rings is 1. The van der Waals surface area contributed by atoms with Gasteiger partial charge in [-0.2, -0.15) is 4.98 Å². The molecule has 0 radical (unpaired) electrons. The van der Waals surface area contributed by atoms with Gasteiger partial charge in [-0.05, 0) is 31.5 Å². The van der Waals surface area contributed by atoms with Crippen LogP contribution in [0.5, 0.6) is 0 Å². The molecular formula is C13H12N4OS. The summed E-state index contributed by atoms with van der Waals surface area (Å²) >= 11 is 1.51. The Morgan fingerprint density at radius 1 is 1.32 bits per heavy atom. The van der Waals surface area contributed by atoms with Crippen molar-refractivity contribution >= 4 is 16.3 Å². The molecule has 0 bridgehead atoms. The summed E-state index contributed by atoms with van der Waals surface area (Å²) in [6.45, 7) is 3.95. The highest BCUT2D eigenvalue weighted by atomic mass is 32.1. The summed E-state index contributed by atoms with van der Waals surface area (Å²) in [5, 5.41) is 4.66. The third-order valence-electron chi connectivity index (χ3n) is 2.76. The van der Waals surface area contributed by atoms with Crippen LogP contribution < -0.4 is 5.73 Å². The quantitative estimate of drug-likeness (QED) is 0.775. The molecule has 5 nitrogen and oxygen atoms in total. The van der Waals surface area contributed by atoms with Gasteiger partial charge in [0.05, 0.1) is 10.6 Å². The monoisotopic (exact) mass is 272 g/mol. The summed E-state index contributed by atoms with van der Waals surface area (Å²) in [7, 11) is 0. The van der Waals surface area contributed by atoms with Gasteiger partial charge >= 0.3 is 0 Å². The van der Waals surface area contributed by atoms with Gasteiger partial charge in [0.25, 0.3) is 5.89 Å². The van der Waals surface area contributed by atoms with Crippen LogP contribution in [0, 0.1) is 13.8 Å². The van der Waals surface area contributed by atoms with Gasteiger partial charge in [0.2, 0.25) is 5.82 Å². The first-order valence-electron chi connectivity index (χ1n) is 5.77. The number of hydrogen-bond acceptors (Lipinski definition) is 6. The lowest BCUT2D eigenvalue weighted by atomic mass is 10.2. The molecule has 0 atom stereocenters. The minimum atomic E-state index is 0.432. The predicted molar refractivity (Wildman–Crippen MR) is 74.7 cm³/mol. The molecule has 0 spiro atoms. The van der Waals surface area contributed by atoms with Crippen LogP contribution >= 0.6 is 11.3 Å². The van der Waals surface area contributed by atoms with Crippen molar-refractivity contribution in [2.24, 2.45) is 0 Å². The van der Waals surface area contributed by atoms with E-state index < -0.39 is 0 Å². The number of nitrogens with zero attached hydrogens (tertiary/aromatic N) is 3. The summed E-state index contributed by atoms with van der Waals surface area (Å²) < 4.78 is 5.28. The zero-order valence-electron chi connectivity index (χ0n) is 10.5. The second kappa shape index (κ2) is 4.47. The van der Waals surface area contributed by atoms with Crippen LogP contribution in [0.3, 0.4) is 0 Å². The SMILES string of the molecule is Cc1cc(-c2nc(-c3ncccc3C)no2)c(N)s1. The number of anilines is 1. The maximum atomic E-state index is 5.93. The normalized spacial score (nSPS) is 10.8. The van der Waals surface area contributed by atoms with E-state index in [2.05, 4.69) is 15.1 Å². The second-order valence-electron chi connectivity index (χ2n) is 4.23. The molecule has 0 aromatic carbocycles. The number of aromatic nitrogens is 3. The third-order valence-corrected chi connectivity index (χ3v) is 3.64. The molecule has 0 amide bonds. The average Bonchev–Trinajstić information content (AvgIpc) is 2.96. The van der Waals surface area contributed by atoms with E-state index >= 15 is 0 Å². The molecule has 0 aliphatic carbocycles. The largest absolute Gasteiger partial charge is 0.390 e.